The molecule has 0 aliphatic carbocycles. The van der Waals surface area contributed by atoms with Crippen molar-refractivity contribution in [2.75, 3.05) is 0 Å². The Morgan fingerprint density at radius 2 is 1.90 bits per heavy atom. The number of rotatable bonds is 1. The van der Waals surface area contributed by atoms with Crippen molar-refractivity contribution in [1.29, 1.82) is 0 Å². The summed E-state index contributed by atoms with van der Waals surface area (Å²) in [6, 6.07) is 11.3. The SMILES string of the molecule is [NH+]#C[C@@H](N)c1ccccc1. The highest BCUT2D eigenvalue weighted by atomic mass is 14.6. The molecule has 1 aromatic carbocycles. The predicted octanol–water partition coefficient (Wildman–Crippen LogP) is -0.541. The van der Waals surface area contributed by atoms with E-state index in [9.17, 15) is 0 Å². The minimum Gasteiger partial charge on any atom is -0.309 e. The van der Waals surface area contributed by atoms with Crippen molar-refractivity contribution in [3.8, 4) is 6.07 Å². The van der Waals surface area contributed by atoms with Crippen molar-refractivity contribution in [3.05, 3.63) is 35.9 Å². The van der Waals surface area contributed by atoms with Gasteiger partial charge in [-0.05, 0) is 5.56 Å². The fourth-order valence-electron chi connectivity index (χ4n) is 0.744. The van der Waals surface area contributed by atoms with E-state index in [0.717, 1.165) is 5.56 Å². The second-order valence-corrected chi connectivity index (χ2v) is 2.03. The van der Waals surface area contributed by atoms with Crippen LogP contribution < -0.4 is 11.0 Å². The van der Waals surface area contributed by atoms with Crippen molar-refractivity contribution in [1.82, 2.24) is 0 Å². The molecule has 0 amide bonds. The van der Waals surface area contributed by atoms with Crippen molar-refractivity contribution in [2.45, 2.75) is 6.04 Å². The second-order valence-electron chi connectivity index (χ2n) is 2.03. The van der Waals surface area contributed by atoms with Crippen molar-refractivity contribution in [3.63, 3.8) is 0 Å². The molecule has 0 saturated carbocycles. The first-order valence-corrected chi connectivity index (χ1v) is 3.07. The lowest BCUT2D eigenvalue weighted by Crippen LogP contribution is -2.23. The van der Waals surface area contributed by atoms with Crippen LogP contribution in [0.15, 0.2) is 30.3 Å². The number of hydrogen-bond donors (Lipinski definition) is 2. The molecule has 0 aliphatic rings. The minimum absolute atomic E-state index is 0.374. The van der Waals surface area contributed by atoms with Gasteiger partial charge in [0.1, 0.15) is 0 Å². The van der Waals surface area contributed by atoms with E-state index in [0.29, 0.717) is 0 Å². The van der Waals surface area contributed by atoms with Crippen LogP contribution in [0.3, 0.4) is 0 Å². The molecule has 0 heterocycles. The summed E-state index contributed by atoms with van der Waals surface area (Å²) in [4.78, 5) is 0. The maximum atomic E-state index is 6.77. The van der Waals surface area contributed by atoms with E-state index in [-0.39, 0.29) is 6.04 Å². The third-order valence-electron chi connectivity index (χ3n) is 1.31. The predicted molar refractivity (Wildman–Crippen MR) is 38.2 cm³/mol. The monoisotopic (exact) mass is 133 g/mol. The topological polar surface area (TPSA) is 49.8 Å². The molecule has 0 spiro atoms. The molecule has 0 aliphatic heterocycles. The van der Waals surface area contributed by atoms with E-state index >= 15 is 0 Å². The van der Waals surface area contributed by atoms with E-state index in [4.69, 9.17) is 11.0 Å². The first kappa shape index (κ1) is 6.79. The quantitative estimate of drug-likeness (QED) is 0.531. The van der Waals surface area contributed by atoms with Gasteiger partial charge in [0.15, 0.2) is 6.04 Å². The Labute approximate surface area is 59.9 Å². The highest BCUT2D eigenvalue weighted by molar-refractivity contribution is 5.22. The van der Waals surface area contributed by atoms with Gasteiger partial charge >= 0.3 is 0 Å². The van der Waals surface area contributed by atoms with E-state index in [1.807, 2.05) is 30.3 Å². The average Bonchev–Trinajstić information content (AvgIpc) is 2.05. The fourth-order valence-corrected chi connectivity index (χ4v) is 0.744. The molecule has 1 aromatic rings. The van der Waals surface area contributed by atoms with Gasteiger partial charge in [-0.15, -0.1) is 0 Å². The third kappa shape index (κ3) is 1.34. The van der Waals surface area contributed by atoms with Crippen molar-refractivity contribution < 1.29 is 5.26 Å². The lowest BCUT2D eigenvalue weighted by atomic mass is 10.1. The standard InChI is InChI=1S/C8H8N2/c9-6-8(10)7-4-2-1-3-5-7/h1-5,8H,10H2/p+1/t8-/m1/s1. The molecule has 0 fully saturated rings. The average molecular weight is 133 g/mol. The number of benzene rings is 1. The normalized spacial score (nSPS) is 12.0. The maximum absolute atomic E-state index is 6.77. The molecule has 1 rings (SSSR count). The first-order valence-electron chi connectivity index (χ1n) is 3.07. The van der Waals surface area contributed by atoms with Crippen LogP contribution in [0, 0.1) is 6.07 Å². The summed E-state index contributed by atoms with van der Waals surface area (Å²) in [5.74, 6) is 0. The highest BCUT2D eigenvalue weighted by Gasteiger charge is 2.04. The molecule has 1 atom stereocenters. The summed E-state index contributed by atoms with van der Waals surface area (Å²) >= 11 is 0. The molecule has 50 valence electrons. The number of hydrogen-bond acceptors (Lipinski definition) is 1. The van der Waals surface area contributed by atoms with E-state index in [1.165, 1.54) is 0 Å². The van der Waals surface area contributed by atoms with Crippen LogP contribution in [-0.4, -0.2) is 0 Å². The minimum atomic E-state index is -0.374. The Kier molecular flexibility index (Phi) is 2.03. The van der Waals surface area contributed by atoms with Gasteiger partial charge in [0.25, 0.3) is 6.07 Å². The summed E-state index contributed by atoms with van der Waals surface area (Å²) in [5, 5.41) is 6.77. The van der Waals surface area contributed by atoms with Gasteiger partial charge in [-0.2, -0.15) is 0 Å². The fraction of sp³-hybridized carbons (Fsp3) is 0.125. The Morgan fingerprint density at radius 1 is 1.30 bits per heavy atom. The summed E-state index contributed by atoms with van der Waals surface area (Å²) in [7, 11) is 0. The zero-order valence-corrected chi connectivity index (χ0v) is 5.54. The molecule has 0 bridgehead atoms. The Bertz CT molecular complexity index is 235. The zero-order chi connectivity index (χ0) is 7.40. The van der Waals surface area contributed by atoms with E-state index in [1.54, 1.807) is 0 Å². The van der Waals surface area contributed by atoms with Gasteiger partial charge in [-0.25, -0.2) is 0 Å². The van der Waals surface area contributed by atoms with Crippen molar-refractivity contribution in [2.24, 2.45) is 5.73 Å². The molecule has 0 unspecified atom stereocenters. The van der Waals surface area contributed by atoms with Gasteiger partial charge in [-0.1, -0.05) is 35.6 Å². The highest BCUT2D eigenvalue weighted by Crippen LogP contribution is 2.05. The Hall–Kier alpha value is -1.33. The van der Waals surface area contributed by atoms with Crippen LogP contribution in [-0.2, 0) is 0 Å². The molecular formula is C8H9N2+. The molecule has 0 saturated heterocycles. The second kappa shape index (κ2) is 3.00. The lowest BCUT2D eigenvalue weighted by molar-refractivity contribution is -0.0960. The number of nitrogens with two attached hydrogens (primary N) is 1. The smallest absolute Gasteiger partial charge is 0.294 e. The van der Waals surface area contributed by atoms with Gasteiger partial charge in [-0.3, -0.25) is 0 Å². The van der Waals surface area contributed by atoms with Crippen LogP contribution in [0.5, 0.6) is 0 Å². The van der Waals surface area contributed by atoms with Gasteiger partial charge in [0.2, 0.25) is 0 Å². The summed E-state index contributed by atoms with van der Waals surface area (Å²) in [6.07, 6.45) is 0. The zero-order valence-electron chi connectivity index (χ0n) is 5.54. The Morgan fingerprint density at radius 3 is 2.40 bits per heavy atom. The summed E-state index contributed by atoms with van der Waals surface area (Å²) in [6.45, 7) is 0. The molecular weight excluding hydrogens is 124 g/mol. The molecule has 2 heteroatoms. The number of nitrogens with one attached hydrogen (secondary N) is 1. The van der Waals surface area contributed by atoms with Gasteiger partial charge in [0, 0.05) is 0 Å². The van der Waals surface area contributed by atoms with Gasteiger partial charge < -0.3 is 5.73 Å². The summed E-state index contributed by atoms with van der Waals surface area (Å²) in [5.41, 5.74) is 6.42. The molecule has 10 heavy (non-hydrogen) atoms. The van der Waals surface area contributed by atoms with Crippen molar-refractivity contribution >= 4 is 0 Å². The lowest BCUT2D eigenvalue weighted by Gasteiger charge is -1.96. The van der Waals surface area contributed by atoms with Crippen LogP contribution in [0.1, 0.15) is 11.6 Å². The van der Waals surface area contributed by atoms with E-state index in [2.05, 4.69) is 6.07 Å². The maximum Gasteiger partial charge on any atom is 0.294 e. The van der Waals surface area contributed by atoms with Crippen LogP contribution in [0.2, 0.25) is 0 Å². The largest absolute Gasteiger partial charge is 0.309 e. The molecule has 0 aromatic heterocycles. The first-order chi connectivity index (χ1) is 4.84. The summed E-state index contributed by atoms with van der Waals surface area (Å²) < 4.78 is 0. The van der Waals surface area contributed by atoms with Crippen LogP contribution in [0.4, 0.5) is 0 Å². The van der Waals surface area contributed by atoms with E-state index < -0.39 is 0 Å². The molecule has 3 N–H and O–H groups in total. The molecule has 0 radical (unpaired) electrons. The van der Waals surface area contributed by atoms with Crippen LogP contribution in [0.25, 0.3) is 0 Å². The van der Waals surface area contributed by atoms with Gasteiger partial charge in [0.05, 0.1) is 0 Å². The third-order valence-corrected chi connectivity index (χ3v) is 1.31. The molecule has 2 nitrogen and oxygen atoms in total. The Balaban J connectivity index is 2.88. The van der Waals surface area contributed by atoms with Crippen LogP contribution >= 0.6 is 0 Å².